The minimum Gasteiger partial charge on any atom is -0.490 e. The molecule has 1 aromatic heterocycles. The average molecular weight is 309 g/mol. The first-order valence-electron chi connectivity index (χ1n) is 8.45. The van der Waals surface area contributed by atoms with Crippen molar-refractivity contribution in [2.75, 3.05) is 31.6 Å². The third-order valence-electron chi connectivity index (χ3n) is 5.01. The maximum atomic E-state index is 6.02. The Labute approximate surface area is 137 Å². The molecule has 0 amide bonds. The van der Waals surface area contributed by atoms with E-state index in [4.69, 9.17) is 4.74 Å². The molecule has 2 aliphatic heterocycles. The fraction of sp³-hybridized carbons (Fsp3) is 0.421. The largest absolute Gasteiger partial charge is 0.490 e. The number of pyridine rings is 1. The molecule has 0 aliphatic carbocycles. The van der Waals surface area contributed by atoms with E-state index in [0.29, 0.717) is 6.04 Å². The van der Waals surface area contributed by atoms with Gasteiger partial charge in [-0.25, -0.2) is 0 Å². The van der Waals surface area contributed by atoms with E-state index in [1.807, 2.05) is 12.4 Å². The molecule has 0 bridgehead atoms. The Kier molecular flexibility index (Phi) is 3.92. The van der Waals surface area contributed by atoms with Crippen LogP contribution in [0, 0.1) is 0 Å². The zero-order valence-electron chi connectivity index (χ0n) is 13.6. The maximum absolute atomic E-state index is 6.02. The van der Waals surface area contributed by atoms with Gasteiger partial charge in [-0.05, 0) is 44.5 Å². The zero-order chi connectivity index (χ0) is 15.6. The second-order valence-electron chi connectivity index (χ2n) is 6.50. The molecule has 0 spiro atoms. The molecule has 0 saturated carbocycles. The number of rotatable bonds is 4. The molecular formula is C19H23N3O. The predicted molar refractivity (Wildman–Crippen MR) is 92.5 cm³/mol. The van der Waals surface area contributed by atoms with Crippen LogP contribution in [0.1, 0.15) is 18.4 Å². The number of likely N-dealkylation sites (tertiary alicyclic amines) is 1. The van der Waals surface area contributed by atoms with E-state index in [1.54, 1.807) is 0 Å². The van der Waals surface area contributed by atoms with Gasteiger partial charge in [0.15, 0.2) is 0 Å². The van der Waals surface area contributed by atoms with Gasteiger partial charge in [-0.2, -0.15) is 0 Å². The van der Waals surface area contributed by atoms with Crippen molar-refractivity contribution < 1.29 is 4.74 Å². The number of hydrogen-bond acceptors (Lipinski definition) is 4. The topological polar surface area (TPSA) is 28.6 Å². The Balaban J connectivity index is 1.49. The van der Waals surface area contributed by atoms with E-state index in [9.17, 15) is 0 Å². The number of fused-ring (bicyclic) bond motifs is 1. The van der Waals surface area contributed by atoms with Gasteiger partial charge < -0.3 is 14.5 Å². The molecule has 1 atom stereocenters. The summed E-state index contributed by atoms with van der Waals surface area (Å²) >= 11 is 0. The van der Waals surface area contributed by atoms with E-state index in [0.717, 1.165) is 31.0 Å². The highest BCUT2D eigenvalue weighted by molar-refractivity contribution is 5.69. The van der Waals surface area contributed by atoms with Crippen molar-refractivity contribution in [1.82, 2.24) is 9.88 Å². The molecule has 2 aromatic rings. The first-order valence-corrected chi connectivity index (χ1v) is 8.45. The average Bonchev–Trinajstić information content (AvgIpc) is 3.19. The summed E-state index contributed by atoms with van der Waals surface area (Å²) in [5.41, 5.74) is 3.82. The zero-order valence-corrected chi connectivity index (χ0v) is 13.6. The van der Waals surface area contributed by atoms with Gasteiger partial charge in [-0.15, -0.1) is 0 Å². The van der Waals surface area contributed by atoms with Crippen molar-refractivity contribution in [2.45, 2.75) is 25.3 Å². The number of benzene rings is 1. The summed E-state index contributed by atoms with van der Waals surface area (Å²) in [5, 5.41) is 0. The van der Waals surface area contributed by atoms with E-state index in [2.05, 4.69) is 52.2 Å². The van der Waals surface area contributed by atoms with Crippen LogP contribution in [0.2, 0.25) is 0 Å². The molecule has 2 aliphatic rings. The predicted octanol–water partition coefficient (Wildman–Crippen LogP) is 3.25. The van der Waals surface area contributed by atoms with E-state index in [-0.39, 0.29) is 0 Å². The summed E-state index contributed by atoms with van der Waals surface area (Å²) < 4.78 is 6.02. The third kappa shape index (κ3) is 2.91. The molecule has 23 heavy (non-hydrogen) atoms. The molecule has 0 unspecified atom stereocenters. The lowest BCUT2D eigenvalue weighted by atomic mass is 10.2. The van der Waals surface area contributed by atoms with Crippen molar-refractivity contribution >= 4 is 11.4 Å². The molecule has 1 aromatic carbocycles. The Morgan fingerprint density at radius 1 is 1.22 bits per heavy atom. The van der Waals surface area contributed by atoms with Gasteiger partial charge in [-0.1, -0.05) is 18.2 Å². The number of aromatic nitrogens is 1. The normalized spacial score (nSPS) is 20.7. The molecule has 120 valence electrons. The van der Waals surface area contributed by atoms with Gasteiger partial charge in [0.1, 0.15) is 12.4 Å². The SMILES string of the molecule is CN1CCC[C@H]1COc1cncc(N2CCc3ccccc32)c1. The van der Waals surface area contributed by atoms with Crippen molar-refractivity contribution in [3.63, 3.8) is 0 Å². The molecule has 4 nitrogen and oxygen atoms in total. The molecule has 3 heterocycles. The van der Waals surface area contributed by atoms with Gasteiger partial charge in [0.25, 0.3) is 0 Å². The quantitative estimate of drug-likeness (QED) is 0.867. The highest BCUT2D eigenvalue weighted by Gasteiger charge is 2.22. The van der Waals surface area contributed by atoms with Crippen molar-refractivity contribution in [3.8, 4) is 5.75 Å². The van der Waals surface area contributed by atoms with Gasteiger partial charge in [0.2, 0.25) is 0 Å². The highest BCUT2D eigenvalue weighted by atomic mass is 16.5. The molecule has 1 fully saturated rings. The Morgan fingerprint density at radius 3 is 3.00 bits per heavy atom. The fourth-order valence-electron chi connectivity index (χ4n) is 3.62. The van der Waals surface area contributed by atoms with Crippen LogP contribution in [0.15, 0.2) is 42.7 Å². The van der Waals surface area contributed by atoms with Crippen LogP contribution >= 0.6 is 0 Å². The number of hydrogen-bond donors (Lipinski definition) is 0. The maximum Gasteiger partial charge on any atom is 0.139 e. The lowest BCUT2D eigenvalue weighted by Crippen LogP contribution is -2.30. The van der Waals surface area contributed by atoms with Crippen LogP contribution in [0.3, 0.4) is 0 Å². The summed E-state index contributed by atoms with van der Waals surface area (Å²) in [4.78, 5) is 9.10. The molecule has 0 N–H and O–H groups in total. The Hall–Kier alpha value is -2.07. The van der Waals surface area contributed by atoms with Crippen LogP contribution in [0.5, 0.6) is 5.75 Å². The van der Waals surface area contributed by atoms with Crippen LogP contribution in [0.4, 0.5) is 11.4 Å². The first-order chi connectivity index (χ1) is 11.3. The van der Waals surface area contributed by atoms with Crippen molar-refractivity contribution in [1.29, 1.82) is 0 Å². The van der Waals surface area contributed by atoms with Crippen LogP contribution in [0.25, 0.3) is 0 Å². The summed E-state index contributed by atoms with van der Waals surface area (Å²) in [7, 11) is 2.18. The smallest absolute Gasteiger partial charge is 0.139 e. The molecule has 0 radical (unpaired) electrons. The van der Waals surface area contributed by atoms with Crippen molar-refractivity contribution in [3.05, 3.63) is 48.3 Å². The van der Waals surface area contributed by atoms with Gasteiger partial charge in [0, 0.05) is 24.3 Å². The van der Waals surface area contributed by atoms with E-state index in [1.165, 1.54) is 30.6 Å². The fourth-order valence-corrected chi connectivity index (χ4v) is 3.62. The second kappa shape index (κ2) is 6.20. The van der Waals surface area contributed by atoms with Gasteiger partial charge in [-0.3, -0.25) is 4.98 Å². The van der Waals surface area contributed by atoms with Crippen molar-refractivity contribution in [2.24, 2.45) is 0 Å². The van der Waals surface area contributed by atoms with Crippen LogP contribution < -0.4 is 9.64 Å². The molecule has 4 rings (SSSR count). The minimum absolute atomic E-state index is 0.533. The molecule has 1 saturated heterocycles. The molecule has 4 heteroatoms. The standard InChI is InChI=1S/C19H23N3O/c1-21-9-4-6-16(21)14-23-18-11-17(12-20-13-18)22-10-8-15-5-2-3-7-19(15)22/h2-3,5,7,11-13,16H,4,6,8-10,14H2,1H3/t16-/m0/s1. The Bertz CT molecular complexity index is 688. The monoisotopic (exact) mass is 309 g/mol. The summed E-state index contributed by atoms with van der Waals surface area (Å²) in [6.45, 7) is 2.94. The number of ether oxygens (including phenoxy) is 1. The lowest BCUT2D eigenvalue weighted by molar-refractivity contribution is 0.198. The van der Waals surface area contributed by atoms with E-state index < -0.39 is 0 Å². The van der Waals surface area contributed by atoms with Crippen LogP contribution in [-0.2, 0) is 6.42 Å². The first kappa shape index (κ1) is 14.5. The summed E-state index contributed by atoms with van der Waals surface area (Å²) in [5.74, 6) is 0.868. The molecular weight excluding hydrogens is 286 g/mol. The number of para-hydroxylation sites is 1. The summed E-state index contributed by atoms with van der Waals surface area (Å²) in [6.07, 6.45) is 7.34. The minimum atomic E-state index is 0.533. The lowest BCUT2D eigenvalue weighted by Gasteiger charge is -2.21. The van der Waals surface area contributed by atoms with Crippen LogP contribution in [-0.4, -0.2) is 42.7 Å². The Morgan fingerprint density at radius 2 is 2.13 bits per heavy atom. The number of nitrogens with zero attached hydrogens (tertiary/aromatic N) is 3. The van der Waals surface area contributed by atoms with Gasteiger partial charge >= 0.3 is 0 Å². The number of likely N-dealkylation sites (N-methyl/N-ethyl adjacent to an activating group) is 1. The van der Waals surface area contributed by atoms with E-state index >= 15 is 0 Å². The number of anilines is 2. The summed E-state index contributed by atoms with van der Waals surface area (Å²) in [6, 6.07) is 11.2. The third-order valence-corrected chi connectivity index (χ3v) is 5.01. The second-order valence-corrected chi connectivity index (χ2v) is 6.50. The highest BCUT2D eigenvalue weighted by Crippen LogP contribution is 2.35. The van der Waals surface area contributed by atoms with Gasteiger partial charge in [0.05, 0.1) is 18.1 Å².